The lowest BCUT2D eigenvalue weighted by molar-refractivity contribution is 0.103. The van der Waals surface area contributed by atoms with Gasteiger partial charge in [0, 0.05) is 78.0 Å². The van der Waals surface area contributed by atoms with Crippen molar-refractivity contribution in [3.8, 4) is 66.0 Å². The Morgan fingerprint density at radius 3 is 1.21 bits per heavy atom. The molecule has 0 N–H and O–H groups in total. The van der Waals surface area contributed by atoms with Gasteiger partial charge in [0.1, 0.15) is 35.4 Å². The van der Waals surface area contributed by atoms with Crippen LogP contribution in [-0.2, 0) is 10.8 Å². The Kier molecular flexibility index (Phi) is 14.0. The van der Waals surface area contributed by atoms with Gasteiger partial charge in [0.2, 0.25) is 0 Å². The van der Waals surface area contributed by atoms with Crippen molar-refractivity contribution in [2.75, 3.05) is 0 Å². The van der Waals surface area contributed by atoms with E-state index < -0.39 is 10.8 Å². The van der Waals surface area contributed by atoms with E-state index >= 15 is 0 Å². The number of allylic oxidation sites excluding steroid dienone is 6. The molecule has 97 heavy (non-hydrogen) atoms. The summed E-state index contributed by atoms with van der Waals surface area (Å²) in [6, 6.07) is 86.9. The van der Waals surface area contributed by atoms with E-state index in [1.54, 1.807) is 75.0 Å². The average Bonchev–Trinajstić information content (AvgIpc) is 1.50. The Morgan fingerprint density at radius 1 is 0.381 bits per heavy atom. The van der Waals surface area contributed by atoms with Crippen LogP contribution in [0.2, 0.25) is 0 Å². The molecule has 0 amide bonds. The van der Waals surface area contributed by atoms with Gasteiger partial charge in [-0.1, -0.05) is 192 Å². The third-order valence-electron chi connectivity index (χ3n) is 19.8. The molecule has 0 unspecified atom stereocenters. The normalized spacial score (nSPS) is 15.0. The van der Waals surface area contributed by atoms with E-state index in [1.165, 1.54) is 106 Å². The molecule has 6 nitrogen and oxygen atoms in total. The lowest BCUT2D eigenvalue weighted by Crippen LogP contribution is -2.30. The number of hydrogen-bond donors (Lipinski definition) is 0. The molecule has 13 aromatic rings. The van der Waals surface area contributed by atoms with Gasteiger partial charge in [-0.25, -0.2) is 0 Å². The molecule has 4 aromatic heterocycles. The first-order chi connectivity index (χ1) is 47.3. The van der Waals surface area contributed by atoms with Crippen molar-refractivity contribution < 1.29 is 9.59 Å². The maximum absolute atomic E-state index is 14.1. The van der Waals surface area contributed by atoms with E-state index in [0.717, 1.165) is 43.4 Å². The van der Waals surface area contributed by atoms with E-state index in [4.69, 9.17) is 0 Å². The van der Waals surface area contributed by atoms with Gasteiger partial charge in [-0.3, -0.25) is 9.59 Å². The number of thiophene rings is 4. The minimum absolute atomic E-state index is 0.0826. The number of hydrogen-bond acceptors (Lipinski definition) is 11. The molecule has 0 aliphatic heterocycles. The molecule has 17 rings (SSSR count). The third-order valence-corrected chi connectivity index (χ3v) is 25.5. The van der Waals surface area contributed by atoms with Gasteiger partial charge >= 0.3 is 0 Å². The lowest BCUT2D eigenvalue weighted by Gasteiger charge is -2.35. The second-order valence-corrected chi connectivity index (χ2v) is 30.7. The highest BCUT2D eigenvalue weighted by molar-refractivity contribution is 8.04. The number of nitrogens with zero attached hydrogens (tertiary/aromatic N) is 4. The van der Waals surface area contributed by atoms with Crippen LogP contribution < -0.4 is 0 Å². The van der Waals surface area contributed by atoms with Crippen LogP contribution in [0.5, 0.6) is 0 Å². The fraction of sp³-hybridized carbons (Fsp3) is 0.0698. The third kappa shape index (κ3) is 8.91. The number of carbonyl (C=O) groups is 2. The molecular weight excluding hydrogens is 1280 g/mol. The molecule has 0 bridgehead atoms. The summed E-state index contributed by atoms with van der Waals surface area (Å²) in [5.74, 6) is -0.400. The van der Waals surface area contributed by atoms with Crippen LogP contribution in [0.1, 0.15) is 103 Å². The number of nitriles is 4. The molecule has 11 heteroatoms. The van der Waals surface area contributed by atoms with Crippen molar-refractivity contribution in [3.05, 3.63) is 340 Å². The number of benzene rings is 9. The second-order valence-electron chi connectivity index (χ2n) is 25.2. The highest BCUT2D eigenvalue weighted by Crippen LogP contribution is 2.65. The maximum atomic E-state index is 14.1. The van der Waals surface area contributed by atoms with E-state index in [9.17, 15) is 30.6 Å². The molecule has 0 atom stereocenters. The molecule has 9 aromatic carbocycles. The summed E-state index contributed by atoms with van der Waals surface area (Å²) in [6.45, 7) is 8.61. The van der Waals surface area contributed by atoms with Gasteiger partial charge in [-0.2, -0.15) is 21.0 Å². The molecule has 0 fully saturated rings. The molecule has 4 heterocycles. The van der Waals surface area contributed by atoms with Crippen LogP contribution in [0.25, 0.3) is 79.2 Å². The number of carbonyl (C=O) groups excluding carboxylic acids is 2. The Morgan fingerprint density at radius 2 is 0.773 bits per heavy atom. The largest absolute Gasteiger partial charge is 0.289 e. The zero-order valence-electron chi connectivity index (χ0n) is 52.6. The van der Waals surface area contributed by atoms with Crippen LogP contribution in [0.3, 0.4) is 0 Å². The SMILES string of the molecule is Cc1ccc(C2(c3ccc(C)cc3)c3cc4c(cc3-c3c2ccc2sc(-c5ccc(/C=C6\C(=O)c7ccccc7C6=C(C#N)C#N)s5)cc32)C(c2ccc(C)cc2)(c2ccc(C)cc2)c2ccc3sc(-c5ccc(S/C=C6\C(=O)c7ccccc7C6=C(C#N)C#N)s5)cc3c2-4)cc1. The monoisotopic (exact) mass is 1330 g/mol. The first-order valence-electron chi connectivity index (χ1n) is 31.6. The molecule has 0 saturated heterocycles. The van der Waals surface area contributed by atoms with Crippen LogP contribution >= 0.6 is 57.1 Å². The van der Waals surface area contributed by atoms with E-state index in [2.05, 4.69) is 204 Å². The smallest absolute Gasteiger partial charge is 0.194 e. The van der Waals surface area contributed by atoms with Gasteiger partial charge in [0.15, 0.2) is 11.6 Å². The van der Waals surface area contributed by atoms with Gasteiger partial charge in [0.05, 0.1) is 15.0 Å². The summed E-state index contributed by atoms with van der Waals surface area (Å²) in [6.07, 6.45) is 1.84. The van der Waals surface area contributed by atoms with Gasteiger partial charge in [-0.15, -0.1) is 45.3 Å². The predicted molar refractivity (Wildman–Crippen MR) is 397 cm³/mol. The van der Waals surface area contributed by atoms with E-state index in [0.29, 0.717) is 44.5 Å². The molecule has 0 saturated carbocycles. The van der Waals surface area contributed by atoms with E-state index in [1.807, 2.05) is 48.5 Å². The maximum Gasteiger partial charge on any atom is 0.194 e. The van der Waals surface area contributed by atoms with Crippen molar-refractivity contribution in [3.63, 3.8) is 0 Å². The summed E-state index contributed by atoms with van der Waals surface area (Å²) in [4.78, 5) is 33.2. The van der Waals surface area contributed by atoms with Crippen molar-refractivity contribution in [2.24, 2.45) is 0 Å². The highest BCUT2D eigenvalue weighted by atomic mass is 32.2. The fourth-order valence-electron chi connectivity index (χ4n) is 15.4. The van der Waals surface area contributed by atoms with Gasteiger partial charge in [-0.05, 0) is 178 Å². The Hall–Kier alpha value is -11.1. The summed E-state index contributed by atoms with van der Waals surface area (Å²) >= 11 is 8.22. The number of fused-ring (bicyclic) bond motifs is 12. The number of ketones is 2. The quantitative estimate of drug-likeness (QED) is 0.0799. The first kappa shape index (κ1) is 59.6. The van der Waals surface area contributed by atoms with Gasteiger partial charge < -0.3 is 0 Å². The zero-order chi connectivity index (χ0) is 66.2. The van der Waals surface area contributed by atoms with Crippen molar-refractivity contribution in [2.45, 2.75) is 42.7 Å². The number of thioether (sulfide) groups is 1. The molecule has 4 aliphatic rings. The van der Waals surface area contributed by atoms with Crippen LogP contribution in [0, 0.1) is 73.0 Å². The van der Waals surface area contributed by atoms with E-state index in [-0.39, 0.29) is 22.7 Å². The van der Waals surface area contributed by atoms with Crippen LogP contribution in [0.15, 0.2) is 250 Å². The average molecular weight is 1330 g/mol. The minimum atomic E-state index is -0.775. The Balaban J connectivity index is 0.885. The topological polar surface area (TPSA) is 129 Å². The fourth-order valence-corrected chi connectivity index (χ4v) is 20.6. The molecule has 456 valence electrons. The second kappa shape index (κ2) is 22.8. The van der Waals surface area contributed by atoms with Crippen LogP contribution in [-0.4, -0.2) is 11.6 Å². The van der Waals surface area contributed by atoms with Crippen molar-refractivity contribution in [1.29, 1.82) is 21.0 Å². The summed E-state index contributed by atoms with van der Waals surface area (Å²) in [5.41, 5.74) is 20.9. The molecule has 0 radical (unpaired) electrons. The zero-order valence-corrected chi connectivity index (χ0v) is 56.7. The van der Waals surface area contributed by atoms with Gasteiger partial charge in [0.25, 0.3) is 0 Å². The standard InChI is InChI=1S/C86H50N4O2S5/c1-47-13-21-53(22-14-47)85(54-23-15-48(2)16-24-54)68-30-33-72-64(40-76(95-72)74-32-29-57(94-74)37-66-79(51(42-87)43-88)58-9-5-7-11-60(58)83(66)91)81(68)62-38-71-63(39-70(62)85)82-65-41-77(75-35-36-78(97-75)93-46-67-80(52(44-89)45-90)59-10-6-8-12-61(59)84(67)92)96-73(65)34-31-69(82)86(71,55-25-17-49(3)18-26-55)56-27-19-50(4)20-28-56/h5-41,46H,1-4H3/b66-37-,67-46-. The molecule has 0 spiro atoms. The predicted octanol–water partition coefficient (Wildman–Crippen LogP) is 22.3. The summed E-state index contributed by atoms with van der Waals surface area (Å²) < 4.78 is 3.28. The number of Topliss-reactive ketones (excluding diaryl/α,β-unsaturated/α-hetero) is 2. The Labute approximate surface area is 580 Å². The summed E-state index contributed by atoms with van der Waals surface area (Å²) in [7, 11) is 0. The number of aryl methyl sites for hydroxylation is 4. The minimum Gasteiger partial charge on any atom is -0.289 e. The Bertz CT molecular complexity index is 5850. The summed E-state index contributed by atoms with van der Waals surface area (Å²) in [5, 5.41) is 44.4. The number of rotatable bonds is 9. The van der Waals surface area contributed by atoms with Crippen molar-refractivity contribution >= 4 is 106 Å². The molecule has 4 aliphatic carbocycles. The molecular formula is C86H50N4O2S5. The first-order valence-corrected chi connectivity index (χ1v) is 35.8. The lowest BCUT2D eigenvalue weighted by atomic mass is 9.65. The van der Waals surface area contributed by atoms with Crippen LogP contribution in [0.4, 0.5) is 0 Å². The van der Waals surface area contributed by atoms with Crippen molar-refractivity contribution in [1.82, 2.24) is 0 Å². The highest BCUT2D eigenvalue weighted by Gasteiger charge is 2.53.